The molecule has 3 rings (SSSR count). The van der Waals surface area contributed by atoms with Crippen LogP contribution in [0.5, 0.6) is 11.5 Å². The van der Waals surface area contributed by atoms with Gasteiger partial charge in [-0.15, -0.1) is 0 Å². The quantitative estimate of drug-likeness (QED) is 0.644. The van der Waals surface area contributed by atoms with Gasteiger partial charge in [0.1, 0.15) is 11.5 Å². The highest BCUT2D eigenvalue weighted by Crippen LogP contribution is 2.34. The summed E-state index contributed by atoms with van der Waals surface area (Å²) >= 11 is 0. The summed E-state index contributed by atoms with van der Waals surface area (Å²) in [6.07, 6.45) is 1.65. The van der Waals surface area contributed by atoms with Crippen LogP contribution in [0.25, 0.3) is 0 Å². The van der Waals surface area contributed by atoms with Gasteiger partial charge < -0.3 is 9.47 Å². The van der Waals surface area contributed by atoms with E-state index in [1.807, 2.05) is 24.3 Å². The van der Waals surface area contributed by atoms with Gasteiger partial charge in [-0.2, -0.15) is 0 Å². The summed E-state index contributed by atoms with van der Waals surface area (Å²) < 4.78 is 11.3. The van der Waals surface area contributed by atoms with Gasteiger partial charge in [-0.25, -0.2) is 0 Å². The standard InChI is InChI=1S/C22H22O2/c1-23-21-13-14-22(24-2)20(16-18-11-7-4-8-12-18)19(21)15-17-9-5-3-6-10-17/h3-14H,15-16H2,1-2H3. The van der Waals surface area contributed by atoms with E-state index in [0.717, 1.165) is 24.3 Å². The molecule has 2 heteroatoms. The van der Waals surface area contributed by atoms with Gasteiger partial charge in [0.15, 0.2) is 0 Å². The lowest BCUT2D eigenvalue weighted by Gasteiger charge is -2.18. The maximum atomic E-state index is 5.64. The molecule has 0 radical (unpaired) electrons. The van der Waals surface area contributed by atoms with Crippen molar-refractivity contribution in [1.29, 1.82) is 0 Å². The fourth-order valence-electron chi connectivity index (χ4n) is 3.02. The lowest BCUT2D eigenvalue weighted by atomic mass is 9.93. The van der Waals surface area contributed by atoms with Crippen LogP contribution in [0.3, 0.4) is 0 Å². The van der Waals surface area contributed by atoms with Crippen LogP contribution in [0.4, 0.5) is 0 Å². The zero-order valence-corrected chi connectivity index (χ0v) is 14.2. The monoisotopic (exact) mass is 318 g/mol. The van der Waals surface area contributed by atoms with Crippen LogP contribution in [0.2, 0.25) is 0 Å². The summed E-state index contributed by atoms with van der Waals surface area (Å²) in [5.74, 6) is 1.82. The SMILES string of the molecule is COc1ccc(OC)c(Cc2ccccc2)c1Cc1ccccc1. The van der Waals surface area contributed by atoms with E-state index in [2.05, 4.69) is 48.5 Å². The topological polar surface area (TPSA) is 18.5 Å². The molecule has 0 aliphatic heterocycles. The molecule has 3 aromatic carbocycles. The van der Waals surface area contributed by atoms with Crippen molar-refractivity contribution < 1.29 is 9.47 Å². The Morgan fingerprint density at radius 3 is 1.25 bits per heavy atom. The minimum absolute atomic E-state index is 0.823. The first-order chi connectivity index (χ1) is 11.8. The Hall–Kier alpha value is -2.74. The average molecular weight is 318 g/mol. The zero-order valence-electron chi connectivity index (χ0n) is 14.2. The van der Waals surface area contributed by atoms with Crippen molar-refractivity contribution in [3.63, 3.8) is 0 Å². The predicted octanol–water partition coefficient (Wildman–Crippen LogP) is 4.89. The molecular weight excluding hydrogens is 296 g/mol. The Bertz CT molecular complexity index is 711. The highest BCUT2D eigenvalue weighted by Gasteiger charge is 2.16. The van der Waals surface area contributed by atoms with Crippen LogP contribution in [0.15, 0.2) is 72.8 Å². The van der Waals surface area contributed by atoms with Crippen LogP contribution >= 0.6 is 0 Å². The van der Waals surface area contributed by atoms with Crippen LogP contribution < -0.4 is 9.47 Å². The van der Waals surface area contributed by atoms with E-state index in [9.17, 15) is 0 Å². The minimum atomic E-state index is 0.823. The first kappa shape index (κ1) is 16.1. The Kier molecular flexibility index (Phi) is 5.17. The van der Waals surface area contributed by atoms with Crippen LogP contribution in [-0.4, -0.2) is 14.2 Å². The highest BCUT2D eigenvalue weighted by atomic mass is 16.5. The van der Waals surface area contributed by atoms with Crippen LogP contribution in [-0.2, 0) is 12.8 Å². The summed E-state index contributed by atoms with van der Waals surface area (Å²) in [4.78, 5) is 0. The summed E-state index contributed by atoms with van der Waals surface area (Å²) in [6.45, 7) is 0. The van der Waals surface area contributed by atoms with Gasteiger partial charge in [-0.1, -0.05) is 60.7 Å². The van der Waals surface area contributed by atoms with Gasteiger partial charge in [0.2, 0.25) is 0 Å². The van der Waals surface area contributed by atoms with Crippen molar-refractivity contribution in [1.82, 2.24) is 0 Å². The number of methoxy groups -OCH3 is 2. The first-order valence-corrected chi connectivity index (χ1v) is 8.12. The molecule has 0 N–H and O–H groups in total. The van der Waals surface area contributed by atoms with Gasteiger partial charge >= 0.3 is 0 Å². The highest BCUT2D eigenvalue weighted by molar-refractivity contribution is 5.52. The third kappa shape index (κ3) is 3.60. The molecule has 0 aliphatic rings. The van der Waals surface area contributed by atoms with Gasteiger partial charge in [-0.3, -0.25) is 0 Å². The molecule has 0 aliphatic carbocycles. The molecule has 3 aromatic rings. The summed E-state index contributed by atoms with van der Waals surface area (Å²) in [6, 6.07) is 24.9. The maximum Gasteiger partial charge on any atom is 0.122 e. The van der Waals surface area contributed by atoms with Crippen molar-refractivity contribution in [3.8, 4) is 11.5 Å². The Morgan fingerprint density at radius 2 is 0.917 bits per heavy atom. The number of hydrogen-bond acceptors (Lipinski definition) is 2. The third-order valence-corrected chi connectivity index (χ3v) is 4.23. The molecule has 0 spiro atoms. The van der Waals surface area contributed by atoms with Crippen molar-refractivity contribution in [2.45, 2.75) is 12.8 Å². The predicted molar refractivity (Wildman–Crippen MR) is 98.0 cm³/mol. The number of ether oxygens (including phenoxy) is 2. The minimum Gasteiger partial charge on any atom is -0.496 e. The lowest BCUT2D eigenvalue weighted by Crippen LogP contribution is -2.03. The van der Waals surface area contributed by atoms with Crippen molar-refractivity contribution >= 4 is 0 Å². The molecule has 0 unspecified atom stereocenters. The first-order valence-electron chi connectivity index (χ1n) is 8.12. The van der Waals surface area contributed by atoms with Crippen LogP contribution in [0, 0.1) is 0 Å². The van der Waals surface area contributed by atoms with E-state index < -0.39 is 0 Å². The molecule has 0 fully saturated rings. The molecule has 0 saturated carbocycles. The molecular formula is C22H22O2. The average Bonchev–Trinajstić information content (AvgIpc) is 2.64. The zero-order chi connectivity index (χ0) is 16.8. The molecule has 2 nitrogen and oxygen atoms in total. The van der Waals surface area contributed by atoms with Crippen molar-refractivity contribution in [2.75, 3.05) is 14.2 Å². The summed E-state index contributed by atoms with van der Waals surface area (Å²) in [5.41, 5.74) is 4.90. The molecule has 122 valence electrons. The number of hydrogen-bond donors (Lipinski definition) is 0. The maximum absolute atomic E-state index is 5.64. The van der Waals surface area contributed by atoms with Gasteiger partial charge in [0.05, 0.1) is 14.2 Å². The van der Waals surface area contributed by atoms with Crippen molar-refractivity contribution in [2.24, 2.45) is 0 Å². The van der Waals surface area contributed by atoms with Crippen molar-refractivity contribution in [3.05, 3.63) is 95.1 Å². The number of benzene rings is 3. The van der Waals surface area contributed by atoms with Gasteiger partial charge in [0.25, 0.3) is 0 Å². The molecule has 0 amide bonds. The molecule has 0 aromatic heterocycles. The molecule has 0 heterocycles. The molecule has 0 bridgehead atoms. The van der Waals surface area contributed by atoms with E-state index in [4.69, 9.17) is 9.47 Å². The van der Waals surface area contributed by atoms with E-state index in [-0.39, 0.29) is 0 Å². The van der Waals surface area contributed by atoms with E-state index in [1.54, 1.807) is 14.2 Å². The lowest BCUT2D eigenvalue weighted by molar-refractivity contribution is 0.396. The molecule has 0 saturated heterocycles. The third-order valence-electron chi connectivity index (χ3n) is 4.23. The Labute approximate surface area is 143 Å². The second-order valence-electron chi connectivity index (χ2n) is 5.75. The second-order valence-corrected chi connectivity index (χ2v) is 5.75. The smallest absolute Gasteiger partial charge is 0.122 e. The largest absolute Gasteiger partial charge is 0.496 e. The van der Waals surface area contributed by atoms with Gasteiger partial charge in [0, 0.05) is 24.0 Å². The van der Waals surface area contributed by atoms with Crippen LogP contribution in [0.1, 0.15) is 22.3 Å². The van der Waals surface area contributed by atoms with Gasteiger partial charge in [-0.05, 0) is 23.3 Å². The second kappa shape index (κ2) is 7.69. The summed E-state index contributed by atoms with van der Waals surface area (Å²) in [7, 11) is 3.45. The Morgan fingerprint density at radius 1 is 0.542 bits per heavy atom. The normalized spacial score (nSPS) is 10.4. The van der Waals surface area contributed by atoms with E-state index >= 15 is 0 Å². The Balaban J connectivity index is 2.06. The fraction of sp³-hybridized carbons (Fsp3) is 0.182. The molecule has 0 atom stereocenters. The summed E-state index contributed by atoms with van der Waals surface area (Å²) in [5, 5.41) is 0. The van der Waals surface area contributed by atoms with E-state index in [0.29, 0.717) is 0 Å². The van der Waals surface area contributed by atoms with E-state index in [1.165, 1.54) is 22.3 Å². The number of rotatable bonds is 6. The fourth-order valence-corrected chi connectivity index (χ4v) is 3.02. The molecule has 24 heavy (non-hydrogen) atoms.